The van der Waals surface area contributed by atoms with Crippen LogP contribution in [0.1, 0.15) is 43.5 Å². The van der Waals surface area contributed by atoms with Crippen molar-refractivity contribution in [2.24, 2.45) is 7.05 Å². The molecule has 6 nitrogen and oxygen atoms in total. The number of rotatable bonds is 2. The summed E-state index contributed by atoms with van der Waals surface area (Å²) < 4.78 is 1.94. The van der Waals surface area contributed by atoms with Crippen molar-refractivity contribution < 1.29 is 0 Å². The minimum atomic E-state index is -0.140. The third kappa shape index (κ3) is 2.97. The van der Waals surface area contributed by atoms with Crippen molar-refractivity contribution in [1.29, 1.82) is 0 Å². The van der Waals surface area contributed by atoms with Gasteiger partial charge in [0.25, 0.3) is 5.56 Å². The number of hydrogen-bond acceptors (Lipinski definition) is 4. The number of nitrogens with zero attached hydrogens (tertiary/aromatic N) is 4. The van der Waals surface area contributed by atoms with Crippen LogP contribution in [0.4, 0.5) is 0 Å². The molecule has 0 aliphatic carbocycles. The molecule has 3 heterocycles. The van der Waals surface area contributed by atoms with Gasteiger partial charge in [-0.1, -0.05) is 20.8 Å². The van der Waals surface area contributed by atoms with E-state index >= 15 is 0 Å². The molecule has 1 aliphatic heterocycles. The summed E-state index contributed by atoms with van der Waals surface area (Å²) in [5.41, 5.74) is 2.64. The van der Waals surface area contributed by atoms with E-state index in [1.165, 1.54) is 0 Å². The van der Waals surface area contributed by atoms with Gasteiger partial charge < -0.3 is 9.55 Å². The average Bonchev–Trinajstić information content (AvgIpc) is 2.83. The lowest BCUT2D eigenvalue weighted by Crippen LogP contribution is -2.37. The highest BCUT2D eigenvalue weighted by molar-refractivity contribution is 5.22. The number of fused-ring (bicyclic) bond motifs is 1. The van der Waals surface area contributed by atoms with E-state index in [4.69, 9.17) is 0 Å². The molecule has 118 valence electrons. The fourth-order valence-electron chi connectivity index (χ4n) is 2.75. The van der Waals surface area contributed by atoms with Crippen molar-refractivity contribution in [3.8, 4) is 0 Å². The second kappa shape index (κ2) is 5.35. The Morgan fingerprint density at radius 2 is 2.14 bits per heavy atom. The summed E-state index contributed by atoms with van der Waals surface area (Å²) in [6.07, 6.45) is 4.63. The number of nitrogens with one attached hydrogen (secondary N) is 1. The van der Waals surface area contributed by atoms with E-state index in [1.54, 1.807) is 6.33 Å². The summed E-state index contributed by atoms with van der Waals surface area (Å²) >= 11 is 0. The van der Waals surface area contributed by atoms with Crippen molar-refractivity contribution in [1.82, 2.24) is 24.4 Å². The van der Waals surface area contributed by atoms with E-state index in [2.05, 4.69) is 40.6 Å². The molecule has 0 atom stereocenters. The fourth-order valence-corrected chi connectivity index (χ4v) is 2.75. The van der Waals surface area contributed by atoms with Crippen molar-refractivity contribution in [3.05, 3.63) is 45.7 Å². The molecule has 0 radical (unpaired) electrons. The summed E-state index contributed by atoms with van der Waals surface area (Å²) in [4.78, 5) is 26.6. The SMILES string of the molecule is Cn1cnc(CN2CCc3nc(C(C)(C)C)[nH]c(=O)c3C2)c1. The number of hydrogen-bond donors (Lipinski definition) is 1. The molecule has 0 amide bonds. The Morgan fingerprint density at radius 3 is 2.77 bits per heavy atom. The van der Waals surface area contributed by atoms with E-state index in [1.807, 2.05) is 17.8 Å². The van der Waals surface area contributed by atoms with Crippen molar-refractivity contribution in [2.75, 3.05) is 6.54 Å². The number of H-pyrrole nitrogens is 1. The van der Waals surface area contributed by atoms with Gasteiger partial charge in [-0.05, 0) is 0 Å². The predicted octanol–water partition coefficient (Wildman–Crippen LogP) is 1.36. The molecule has 2 aromatic heterocycles. The molecule has 0 fully saturated rings. The first kappa shape index (κ1) is 15.0. The van der Waals surface area contributed by atoms with Crippen molar-refractivity contribution >= 4 is 0 Å². The van der Waals surface area contributed by atoms with Gasteiger partial charge in [-0.25, -0.2) is 9.97 Å². The van der Waals surface area contributed by atoms with Crippen LogP contribution >= 0.6 is 0 Å². The lowest BCUT2D eigenvalue weighted by molar-refractivity contribution is 0.238. The minimum absolute atomic E-state index is 0.000598. The molecule has 3 rings (SSSR count). The molecule has 0 spiro atoms. The summed E-state index contributed by atoms with van der Waals surface area (Å²) in [5.74, 6) is 0.773. The van der Waals surface area contributed by atoms with Gasteiger partial charge in [-0.2, -0.15) is 0 Å². The molecule has 0 bridgehead atoms. The first-order valence-electron chi connectivity index (χ1n) is 7.64. The van der Waals surface area contributed by atoms with Crippen LogP contribution in [-0.4, -0.2) is 31.0 Å². The van der Waals surface area contributed by atoms with Gasteiger partial charge in [-0.15, -0.1) is 0 Å². The van der Waals surface area contributed by atoms with Crippen LogP contribution in [0, 0.1) is 0 Å². The van der Waals surface area contributed by atoms with Crippen LogP contribution < -0.4 is 5.56 Å². The van der Waals surface area contributed by atoms with Crippen LogP contribution in [0.5, 0.6) is 0 Å². The molecule has 1 aliphatic rings. The molecule has 2 aromatic rings. The van der Waals surface area contributed by atoms with Crippen molar-refractivity contribution in [3.63, 3.8) is 0 Å². The van der Waals surface area contributed by atoms with Gasteiger partial charge in [0, 0.05) is 44.7 Å². The smallest absolute Gasteiger partial charge is 0.255 e. The van der Waals surface area contributed by atoms with E-state index < -0.39 is 0 Å². The fraction of sp³-hybridized carbons (Fsp3) is 0.562. The van der Waals surface area contributed by atoms with E-state index in [9.17, 15) is 4.79 Å². The highest BCUT2D eigenvalue weighted by Crippen LogP contribution is 2.21. The van der Waals surface area contributed by atoms with Gasteiger partial charge in [-0.3, -0.25) is 9.69 Å². The summed E-state index contributed by atoms with van der Waals surface area (Å²) in [7, 11) is 1.96. The van der Waals surface area contributed by atoms with E-state index in [0.717, 1.165) is 42.3 Å². The zero-order valence-corrected chi connectivity index (χ0v) is 13.7. The first-order chi connectivity index (χ1) is 10.3. The van der Waals surface area contributed by atoms with E-state index in [-0.39, 0.29) is 11.0 Å². The molecule has 6 heteroatoms. The topological polar surface area (TPSA) is 66.8 Å². The summed E-state index contributed by atoms with van der Waals surface area (Å²) in [5, 5.41) is 0. The number of aromatic nitrogens is 4. The third-order valence-corrected chi connectivity index (χ3v) is 4.00. The first-order valence-corrected chi connectivity index (χ1v) is 7.64. The molecular weight excluding hydrogens is 278 g/mol. The predicted molar refractivity (Wildman–Crippen MR) is 84.6 cm³/mol. The highest BCUT2D eigenvalue weighted by Gasteiger charge is 2.25. The Kier molecular flexibility index (Phi) is 3.64. The highest BCUT2D eigenvalue weighted by atomic mass is 16.1. The van der Waals surface area contributed by atoms with Gasteiger partial charge in [0.2, 0.25) is 0 Å². The zero-order chi connectivity index (χ0) is 15.9. The molecule has 0 saturated heterocycles. The number of aryl methyl sites for hydroxylation is 1. The molecule has 0 saturated carbocycles. The van der Waals surface area contributed by atoms with Gasteiger partial charge in [0.1, 0.15) is 5.82 Å². The second-order valence-electron chi connectivity index (χ2n) is 7.08. The summed E-state index contributed by atoms with van der Waals surface area (Å²) in [6, 6.07) is 0. The molecule has 0 unspecified atom stereocenters. The molecule has 22 heavy (non-hydrogen) atoms. The lowest BCUT2D eigenvalue weighted by atomic mass is 9.95. The Morgan fingerprint density at radius 1 is 1.36 bits per heavy atom. The second-order valence-corrected chi connectivity index (χ2v) is 7.08. The maximum Gasteiger partial charge on any atom is 0.255 e. The van der Waals surface area contributed by atoms with Crippen LogP contribution in [0.25, 0.3) is 0 Å². The Bertz CT molecular complexity index is 738. The zero-order valence-electron chi connectivity index (χ0n) is 13.7. The van der Waals surface area contributed by atoms with Crippen LogP contribution in [0.2, 0.25) is 0 Å². The van der Waals surface area contributed by atoms with Crippen LogP contribution in [0.15, 0.2) is 17.3 Å². The maximum atomic E-state index is 12.4. The van der Waals surface area contributed by atoms with Crippen molar-refractivity contribution in [2.45, 2.75) is 45.7 Å². The largest absolute Gasteiger partial charge is 0.340 e. The molecule has 0 aromatic carbocycles. The van der Waals surface area contributed by atoms with Crippen LogP contribution in [0.3, 0.4) is 0 Å². The monoisotopic (exact) mass is 301 g/mol. The average molecular weight is 301 g/mol. The maximum absolute atomic E-state index is 12.4. The van der Waals surface area contributed by atoms with Gasteiger partial charge in [0.15, 0.2) is 0 Å². The minimum Gasteiger partial charge on any atom is -0.340 e. The molecular formula is C16H23N5O. The number of aromatic amines is 1. The Balaban J connectivity index is 1.83. The Labute approximate surface area is 130 Å². The normalized spacial score (nSPS) is 15.8. The summed E-state index contributed by atoms with van der Waals surface area (Å²) in [6.45, 7) is 8.50. The molecule has 1 N–H and O–H groups in total. The quantitative estimate of drug-likeness (QED) is 0.909. The standard InChI is InChI=1S/C16H23N5O/c1-16(2,3)15-18-13-5-6-21(9-12(13)14(22)19-15)8-11-7-20(4)10-17-11/h7,10H,5-6,8-9H2,1-4H3,(H,18,19,22). The van der Waals surface area contributed by atoms with Crippen LogP contribution in [-0.2, 0) is 32.0 Å². The van der Waals surface area contributed by atoms with E-state index in [0.29, 0.717) is 6.54 Å². The Hall–Kier alpha value is -1.95. The number of imidazole rings is 1. The van der Waals surface area contributed by atoms with Gasteiger partial charge >= 0.3 is 0 Å². The lowest BCUT2D eigenvalue weighted by Gasteiger charge is -2.28. The third-order valence-electron chi connectivity index (χ3n) is 4.00. The van der Waals surface area contributed by atoms with Gasteiger partial charge in [0.05, 0.1) is 23.3 Å².